The fourth-order valence-corrected chi connectivity index (χ4v) is 3.34. The van der Waals surface area contributed by atoms with Crippen molar-refractivity contribution in [2.45, 2.75) is 25.4 Å². The lowest BCUT2D eigenvalue weighted by Crippen LogP contribution is -2.30. The van der Waals surface area contributed by atoms with Crippen LogP contribution in [-0.4, -0.2) is 56.8 Å². The maximum Gasteiger partial charge on any atom is 0.253 e. The van der Waals surface area contributed by atoms with Gasteiger partial charge in [0, 0.05) is 25.3 Å². The van der Waals surface area contributed by atoms with E-state index in [2.05, 4.69) is 5.32 Å². The van der Waals surface area contributed by atoms with Crippen molar-refractivity contribution in [3.63, 3.8) is 0 Å². The molecule has 0 aliphatic carbocycles. The van der Waals surface area contributed by atoms with Gasteiger partial charge in [-0.05, 0) is 57.0 Å². The van der Waals surface area contributed by atoms with E-state index in [0.29, 0.717) is 18.1 Å². The fourth-order valence-electron chi connectivity index (χ4n) is 3.34. The molecule has 3 rings (SSSR count). The highest BCUT2D eigenvalue weighted by Gasteiger charge is 2.26. The van der Waals surface area contributed by atoms with Crippen LogP contribution in [0.3, 0.4) is 0 Å². The molecule has 1 N–H and O–H groups in total. The van der Waals surface area contributed by atoms with Crippen molar-refractivity contribution >= 4 is 5.91 Å². The lowest BCUT2D eigenvalue weighted by molar-refractivity contribution is 0.0678. The van der Waals surface area contributed by atoms with Crippen molar-refractivity contribution in [1.29, 1.82) is 0 Å². The van der Waals surface area contributed by atoms with Crippen LogP contribution in [0.2, 0.25) is 0 Å². The molecule has 2 aliphatic heterocycles. The van der Waals surface area contributed by atoms with Crippen LogP contribution in [0, 0.1) is 5.92 Å². The molecule has 0 aromatic heterocycles. The maximum absolute atomic E-state index is 12.6. The fraction of sp³-hybridized carbons (Fsp3) is 0.611. The highest BCUT2D eigenvalue weighted by atomic mass is 16.5. The highest BCUT2D eigenvalue weighted by molar-refractivity contribution is 5.94. The van der Waals surface area contributed by atoms with E-state index in [1.807, 2.05) is 36.2 Å². The molecule has 2 unspecified atom stereocenters. The molecule has 2 saturated heterocycles. The van der Waals surface area contributed by atoms with E-state index >= 15 is 0 Å². The smallest absolute Gasteiger partial charge is 0.253 e. The van der Waals surface area contributed by atoms with E-state index < -0.39 is 0 Å². The molecule has 1 aromatic rings. The third-order valence-electron chi connectivity index (χ3n) is 4.61. The lowest BCUT2D eigenvalue weighted by atomic mass is 10.1. The Morgan fingerprint density at radius 2 is 2.35 bits per heavy atom. The van der Waals surface area contributed by atoms with E-state index in [4.69, 9.17) is 9.47 Å². The molecule has 23 heavy (non-hydrogen) atoms. The van der Waals surface area contributed by atoms with Gasteiger partial charge in [0.2, 0.25) is 0 Å². The van der Waals surface area contributed by atoms with Crippen LogP contribution in [0.25, 0.3) is 0 Å². The molecule has 2 heterocycles. The van der Waals surface area contributed by atoms with Gasteiger partial charge in [-0.3, -0.25) is 4.79 Å². The summed E-state index contributed by atoms with van der Waals surface area (Å²) >= 11 is 0. The van der Waals surface area contributed by atoms with E-state index in [9.17, 15) is 4.79 Å². The van der Waals surface area contributed by atoms with Crippen LogP contribution in [0.4, 0.5) is 0 Å². The number of ether oxygens (including phenoxy) is 2. The molecule has 2 aliphatic rings. The normalized spacial score (nSPS) is 24.1. The molecular formula is C18H26N2O3. The van der Waals surface area contributed by atoms with Crippen LogP contribution >= 0.6 is 0 Å². The van der Waals surface area contributed by atoms with Crippen molar-refractivity contribution in [2.24, 2.45) is 5.92 Å². The van der Waals surface area contributed by atoms with Crippen LogP contribution in [0.5, 0.6) is 5.75 Å². The number of nitrogens with one attached hydrogen (secondary N) is 1. The minimum atomic E-state index is 0.103. The van der Waals surface area contributed by atoms with Gasteiger partial charge in [0.25, 0.3) is 5.91 Å². The second-order valence-corrected chi connectivity index (χ2v) is 6.44. The van der Waals surface area contributed by atoms with E-state index in [1.165, 1.54) is 0 Å². The van der Waals surface area contributed by atoms with Crippen molar-refractivity contribution in [3.8, 4) is 5.75 Å². The number of amides is 1. The Labute approximate surface area is 137 Å². The molecule has 5 heteroatoms. The van der Waals surface area contributed by atoms with E-state index in [-0.39, 0.29) is 12.0 Å². The van der Waals surface area contributed by atoms with Gasteiger partial charge in [-0.2, -0.15) is 0 Å². The van der Waals surface area contributed by atoms with Crippen molar-refractivity contribution in [3.05, 3.63) is 29.8 Å². The van der Waals surface area contributed by atoms with Gasteiger partial charge < -0.3 is 19.7 Å². The van der Waals surface area contributed by atoms with E-state index in [1.54, 1.807) is 0 Å². The summed E-state index contributed by atoms with van der Waals surface area (Å²) in [6, 6.07) is 7.51. The SMILES string of the molecule is CNCC1CCN(C(=O)c2cccc(OCC3CCCO3)c2)C1. The predicted molar refractivity (Wildman–Crippen MR) is 88.8 cm³/mol. The zero-order valence-corrected chi connectivity index (χ0v) is 13.8. The molecule has 1 amide bonds. The number of carbonyl (C=O) groups is 1. The first-order chi connectivity index (χ1) is 11.3. The number of rotatable bonds is 6. The first kappa shape index (κ1) is 16.3. The Balaban J connectivity index is 1.57. The first-order valence-electron chi connectivity index (χ1n) is 8.54. The molecule has 2 fully saturated rings. The standard InChI is InChI=1S/C18H26N2O3/c1-19-11-14-7-8-20(12-14)18(21)15-4-2-5-16(10-15)23-13-17-6-3-9-22-17/h2,4-5,10,14,17,19H,3,6-9,11-13H2,1H3. The number of hydrogen-bond acceptors (Lipinski definition) is 4. The van der Waals surface area contributed by atoms with Crippen LogP contribution in [0.1, 0.15) is 29.6 Å². The molecule has 2 atom stereocenters. The van der Waals surface area contributed by atoms with Gasteiger partial charge in [0.15, 0.2) is 0 Å². The zero-order chi connectivity index (χ0) is 16.1. The Bertz CT molecular complexity index is 529. The van der Waals surface area contributed by atoms with Gasteiger partial charge >= 0.3 is 0 Å². The predicted octanol–water partition coefficient (Wildman–Crippen LogP) is 1.93. The van der Waals surface area contributed by atoms with Crippen LogP contribution < -0.4 is 10.1 Å². The highest BCUT2D eigenvalue weighted by Crippen LogP contribution is 2.21. The second-order valence-electron chi connectivity index (χ2n) is 6.44. The Morgan fingerprint density at radius 1 is 1.43 bits per heavy atom. The van der Waals surface area contributed by atoms with Crippen LogP contribution in [-0.2, 0) is 4.74 Å². The average Bonchev–Trinajstić information content (AvgIpc) is 3.25. The largest absolute Gasteiger partial charge is 0.491 e. The van der Waals surface area contributed by atoms with Gasteiger partial charge in [0.05, 0.1) is 6.10 Å². The third kappa shape index (κ3) is 4.24. The number of likely N-dealkylation sites (tertiary alicyclic amines) is 1. The molecular weight excluding hydrogens is 292 g/mol. The summed E-state index contributed by atoms with van der Waals surface area (Å²) in [7, 11) is 1.96. The number of hydrogen-bond donors (Lipinski definition) is 1. The summed E-state index contributed by atoms with van der Waals surface area (Å²) in [5.41, 5.74) is 0.708. The summed E-state index contributed by atoms with van der Waals surface area (Å²) in [6.07, 6.45) is 3.42. The minimum absolute atomic E-state index is 0.103. The monoisotopic (exact) mass is 318 g/mol. The maximum atomic E-state index is 12.6. The lowest BCUT2D eigenvalue weighted by Gasteiger charge is -2.17. The summed E-state index contributed by atoms with van der Waals surface area (Å²) in [5, 5.41) is 3.19. The summed E-state index contributed by atoms with van der Waals surface area (Å²) < 4.78 is 11.4. The van der Waals surface area contributed by atoms with Crippen molar-refractivity contribution < 1.29 is 14.3 Å². The average molecular weight is 318 g/mol. The topological polar surface area (TPSA) is 50.8 Å². The quantitative estimate of drug-likeness (QED) is 0.871. The zero-order valence-electron chi connectivity index (χ0n) is 13.8. The Kier molecular flexibility index (Phi) is 5.51. The molecule has 0 saturated carbocycles. The van der Waals surface area contributed by atoms with Crippen molar-refractivity contribution in [1.82, 2.24) is 10.2 Å². The second kappa shape index (κ2) is 7.79. The molecule has 0 radical (unpaired) electrons. The molecule has 5 nitrogen and oxygen atoms in total. The Morgan fingerprint density at radius 3 is 3.13 bits per heavy atom. The molecule has 1 aromatic carbocycles. The van der Waals surface area contributed by atoms with Gasteiger partial charge in [-0.25, -0.2) is 0 Å². The summed E-state index contributed by atoms with van der Waals surface area (Å²) in [4.78, 5) is 14.6. The van der Waals surface area contributed by atoms with Crippen molar-refractivity contribution in [2.75, 3.05) is 39.9 Å². The number of nitrogens with zero attached hydrogens (tertiary/aromatic N) is 1. The first-order valence-corrected chi connectivity index (χ1v) is 8.54. The molecule has 0 bridgehead atoms. The summed E-state index contributed by atoms with van der Waals surface area (Å²) in [6.45, 7) is 4.03. The molecule has 126 valence electrons. The van der Waals surface area contributed by atoms with E-state index in [0.717, 1.165) is 51.3 Å². The number of carbonyl (C=O) groups excluding carboxylic acids is 1. The number of benzene rings is 1. The minimum Gasteiger partial charge on any atom is -0.491 e. The third-order valence-corrected chi connectivity index (χ3v) is 4.61. The summed E-state index contributed by atoms with van der Waals surface area (Å²) in [5.74, 6) is 1.41. The Hall–Kier alpha value is -1.59. The van der Waals surface area contributed by atoms with Gasteiger partial charge in [0.1, 0.15) is 12.4 Å². The van der Waals surface area contributed by atoms with Crippen LogP contribution in [0.15, 0.2) is 24.3 Å². The molecule has 0 spiro atoms. The van der Waals surface area contributed by atoms with Gasteiger partial charge in [-0.15, -0.1) is 0 Å². The van der Waals surface area contributed by atoms with Gasteiger partial charge in [-0.1, -0.05) is 6.07 Å².